The zero-order chi connectivity index (χ0) is 24.6. The van der Waals surface area contributed by atoms with Crippen molar-refractivity contribution in [1.82, 2.24) is 0 Å². The van der Waals surface area contributed by atoms with Gasteiger partial charge >= 0.3 is 6.36 Å². The fourth-order valence-corrected chi connectivity index (χ4v) is 4.06. The number of sulfone groups is 1. The normalized spacial score (nSPS) is 12.2. The monoisotopic (exact) mass is 470 g/mol. The third kappa shape index (κ3) is 5.50. The lowest BCUT2D eigenvalue weighted by atomic mass is 9.84. The van der Waals surface area contributed by atoms with E-state index in [1.807, 2.05) is 0 Å². The summed E-state index contributed by atoms with van der Waals surface area (Å²) in [6.07, 6.45) is -4.16. The minimum absolute atomic E-state index is 0.0672. The molecule has 2 rings (SSSR count). The van der Waals surface area contributed by atoms with Crippen molar-refractivity contribution >= 4 is 21.4 Å². The number of benzene rings is 2. The molecule has 0 aliphatic heterocycles. The second-order valence-electron chi connectivity index (χ2n) is 8.12. The number of aromatic hydroxyl groups is 1. The molecule has 0 spiro atoms. The number of rotatable bonds is 4. The molecular formula is C21H21F3N2O5S. The summed E-state index contributed by atoms with van der Waals surface area (Å²) >= 11 is 0. The van der Waals surface area contributed by atoms with Gasteiger partial charge in [-0.25, -0.2) is 8.42 Å². The second-order valence-corrected chi connectivity index (χ2v) is 10.1. The number of alkyl halides is 3. The molecule has 0 aromatic heterocycles. The summed E-state index contributed by atoms with van der Waals surface area (Å²) in [7, 11) is -3.80. The molecule has 0 saturated heterocycles. The predicted molar refractivity (Wildman–Crippen MR) is 110 cm³/mol. The fourth-order valence-electron chi connectivity index (χ4n) is 3.07. The Kier molecular flexibility index (Phi) is 6.52. The molecule has 0 bridgehead atoms. The molecular weight excluding hydrogens is 449 g/mol. The number of amides is 1. The molecule has 0 aliphatic rings. The summed E-state index contributed by atoms with van der Waals surface area (Å²) in [4.78, 5) is 12.8. The van der Waals surface area contributed by atoms with Crippen molar-refractivity contribution in [2.75, 3.05) is 11.6 Å². The van der Waals surface area contributed by atoms with Crippen LogP contribution in [0, 0.1) is 18.3 Å². The quantitative estimate of drug-likeness (QED) is 0.683. The fraction of sp³-hybridized carbons (Fsp3) is 0.333. The Morgan fingerprint density at radius 1 is 1.19 bits per heavy atom. The number of phenols is 1. The van der Waals surface area contributed by atoms with Crippen molar-refractivity contribution in [3.63, 3.8) is 0 Å². The third-order valence-electron chi connectivity index (χ3n) is 4.53. The van der Waals surface area contributed by atoms with Gasteiger partial charge < -0.3 is 15.2 Å². The molecule has 0 radical (unpaired) electrons. The molecule has 0 heterocycles. The minimum Gasteiger partial charge on any atom is -0.507 e. The maximum Gasteiger partial charge on any atom is 0.573 e. The van der Waals surface area contributed by atoms with Crippen molar-refractivity contribution in [2.45, 2.75) is 44.4 Å². The molecule has 2 N–H and O–H groups in total. The van der Waals surface area contributed by atoms with Crippen LogP contribution in [-0.4, -0.2) is 32.0 Å². The van der Waals surface area contributed by atoms with E-state index in [4.69, 9.17) is 5.26 Å². The van der Waals surface area contributed by atoms with Crippen LogP contribution in [0.3, 0.4) is 0 Å². The van der Waals surface area contributed by atoms with Gasteiger partial charge in [-0.05, 0) is 36.1 Å². The highest BCUT2D eigenvalue weighted by molar-refractivity contribution is 7.90. The van der Waals surface area contributed by atoms with Crippen LogP contribution >= 0.6 is 0 Å². The first-order valence-corrected chi connectivity index (χ1v) is 11.0. The van der Waals surface area contributed by atoms with Crippen molar-refractivity contribution < 1.29 is 36.2 Å². The number of nitriles is 1. The lowest BCUT2D eigenvalue weighted by Gasteiger charge is -2.24. The number of hydrogen-bond acceptors (Lipinski definition) is 6. The SMILES string of the molecule is Cc1c(S(C)(=O)=O)cc(C(C)(C)C)c(O)c1C(=O)Nc1ccc(C#N)cc1OC(F)(F)F. The topological polar surface area (TPSA) is 116 Å². The highest BCUT2D eigenvalue weighted by Gasteiger charge is 2.33. The predicted octanol–water partition coefficient (Wildman–Crippen LogP) is 4.42. The Bertz CT molecular complexity index is 1220. The molecule has 7 nitrogen and oxygen atoms in total. The average Bonchev–Trinajstić information content (AvgIpc) is 2.59. The van der Waals surface area contributed by atoms with E-state index in [1.165, 1.54) is 19.1 Å². The van der Waals surface area contributed by atoms with Crippen LogP contribution in [0.25, 0.3) is 0 Å². The van der Waals surface area contributed by atoms with Crippen molar-refractivity contribution in [3.8, 4) is 17.6 Å². The van der Waals surface area contributed by atoms with Gasteiger partial charge in [0.05, 0.1) is 27.8 Å². The van der Waals surface area contributed by atoms with Gasteiger partial charge in [-0.2, -0.15) is 5.26 Å². The van der Waals surface area contributed by atoms with Crippen molar-refractivity contribution in [2.24, 2.45) is 0 Å². The van der Waals surface area contributed by atoms with Crippen molar-refractivity contribution in [3.05, 3.63) is 46.5 Å². The van der Waals surface area contributed by atoms with Crippen LogP contribution in [0.5, 0.6) is 11.5 Å². The Labute approximate surface area is 183 Å². The number of anilines is 1. The largest absolute Gasteiger partial charge is 0.573 e. The van der Waals surface area contributed by atoms with E-state index in [2.05, 4.69) is 10.1 Å². The second kappa shape index (κ2) is 8.35. The van der Waals surface area contributed by atoms with Gasteiger partial charge in [-0.1, -0.05) is 20.8 Å². The highest BCUT2D eigenvalue weighted by atomic mass is 32.2. The first kappa shape index (κ1) is 25.0. The summed E-state index contributed by atoms with van der Waals surface area (Å²) in [5, 5.41) is 21.9. The Morgan fingerprint density at radius 3 is 2.25 bits per heavy atom. The average molecular weight is 470 g/mol. The molecule has 0 aliphatic carbocycles. The smallest absolute Gasteiger partial charge is 0.507 e. The number of hydrogen-bond donors (Lipinski definition) is 2. The molecule has 0 atom stereocenters. The number of nitrogens with one attached hydrogen (secondary N) is 1. The maximum atomic E-state index is 13.0. The van der Waals surface area contributed by atoms with E-state index in [9.17, 15) is 31.5 Å². The number of nitrogens with zero attached hydrogens (tertiary/aromatic N) is 1. The maximum absolute atomic E-state index is 13.0. The molecule has 0 fully saturated rings. The molecule has 0 saturated carbocycles. The zero-order valence-electron chi connectivity index (χ0n) is 17.9. The van der Waals surface area contributed by atoms with E-state index in [-0.39, 0.29) is 21.6 Å². The van der Waals surface area contributed by atoms with Gasteiger partial charge in [-0.3, -0.25) is 4.79 Å². The highest BCUT2D eigenvalue weighted by Crippen LogP contribution is 2.39. The lowest BCUT2D eigenvalue weighted by Crippen LogP contribution is -2.22. The van der Waals surface area contributed by atoms with E-state index < -0.39 is 50.3 Å². The van der Waals surface area contributed by atoms with Crippen LogP contribution in [0.1, 0.15) is 47.8 Å². The van der Waals surface area contributed by atoms with Gasteiger partial charge in [0.15, 0.2) is 15.6 Å². The summed E-state index contributed by atoms with van der Waals surface area (Å²) in [5.74, 6) is -2.38. The number of halogens is 3. The van der Waals surface area contributed by atoms with Crippen LogP contribution in [0.2, 0.25) is 0 Å². The molecule has 32 heavy (non-hydrogen) atoms. The summed E-state index contributed by atoms with van der Waals surface area (Å²) < 4.78 is 66.8. The van der Waals surface area contributed by atoms with E-state index in [0.29, 0.717) is 0 Å². The first-order chi connectivity index (χ1) is 14.5. The van der Waals surface area contributed by atoms with Gasteiger partial charge in [-0.15, -0.1) is 13.2 Å². The van der Waals surface area contributed by atoms with Crippen LogP contribution in [0.4, 0.5) is 18.9 Å². The zero-order valence-corrected chi connectivity index (χ0v) is 18.7. The van der Waals surface area contributed by atoms with Crippen LogP contribution in [0.15, 0.2) is 29.2 Å². The van der Waals surface area contributed by atoms with E-state index in [1.54, 1.807) is 26.8 Å². The molecule has 1 amide bonds. The minimum atomic E-state index is -5.10. The number of phenolic OH excluding ortho intramolecular Hbond substituents is 1. The van der Waals surface area contributed by atoms with E-state index >= 15 is 0 Å². The first-order valence-electron chi connectivity index (χ1n) is 9.14. The Hall–Kier alpha value is -3.26. The lowest BCUT2D eigenvalue weighted by molar-refractivity contribution is -0.274. The molecule has 11 heteroatoms. The van der Waals surface area contributed by atoms with Crippen LogP contribution in [-0.2, 0) is 15.3 Å². The van der Waals surface area contributed by atoms with Crippen LogP contribution < -0.4 is 10.1 Å². The summed E-state index contributed by atoms with van der Waals surface area (Å²) in [5.41, 5.74) is -1.63. The Morgan fingerprint density at radius 2 is 1.78 bits per heavy atom. The molecule has 0 unspecified atom stereocenters. The van der Waals surface area contributed by atoms with Gasteiger partial charge in [0.2, 0.25) is 0 Å². The Balaban J connectivity index is 2.68. The van der Waals surface area contributed by atoms with E-state index in [0.717, 1.165) is 18.4 Å². The van der Waals surface area contributed by atoms with Gasteiger partial charge in [0, 0.05) is 17.9 Å². The molecule has 2 aromatic carbocycles. The molecule has 2 aromatic rings. The summed E-state index contributed by atoms with van der Waals surface area (Å²) in [6.45, 7) is 6.40. The number of carbonyl (C=O) groups is 1. The molecule has 172 valence electrons. The standard InChI is InChI=1S/C21H21F3N2O5S/c1-11-16(32(5,29)30)9-13(20(2,3)4)18(27)17(11)19(28)26-14-7-6-12(10-25)8-15(14)31-21(22,23)24/h6-9,27H,1-5H3,(H,26,28). The van der Waals surface area contributed by atoms with Gasteiger partial charge in [0.25, 0.3) is 5.91 Å². The number of carbonyl (C=O) groups excluding carboxylic acids is 1. The van der Waals surface area contributed by atoms with Crippen molar-refractivity contribution in [1.29, 1.82) is 5.26 Å². The number of ether oxygens (including phenoxy) is 1. The van der Waals surface area contributed by atoms with Gasteiger partial charge in [0.1, 0.15) is 5.75 Å². The third-order valence-corrected chi connectivity index (χ3v) is 5.75. The summed E-state index contributed by atoms with van der Waals surface area (Å²) in [6, 6.07) is 5.94.